The quantitative estimate of drug-likeness (QED) is 0.692. The second-order valence-electron chi connectivity index (χ2n) is 6.78. The Kier molecular flexibility index (Phi) is 6.13. The van der Waals surface area contributed by atoms with Gasteiger partial charge in [-0.1, -0.05) is 5.16 Å². The second kappa shape index (κ2) is 8.42. The van der Waals surface area contributed by atoms with Crippen molar-refractivity contribution in [2.75, 3.05) is 40.4 Å². The van der Waals surface area contributed by atoms with Gasteiger partial charge in [0.1, 0.15) is 5.76 Å². The van der Waals surface area contributed by atoms with Gasteiger partial charge in [0.25, 0.3) is 0 Å². The Morgan fingerprint density at radius 2 is 1.76 bits per heavy atom. The van der Waals surface area contributed by atoms with Gasteiger partial charge >= 0.3 is 0 Å². The smallest absolute Gasteiger partial charge is 0.243 e. The number of benzene rings is 1. The largest absolute Gasteiger partial charge is 0.493 e. The highest BCUT2D eigenvalue weighted by Gasteiger charge is 2.31. The van der Waals surface area contributed by atoms with Crippen LogP contribution >= 0.6 is 0 Å². The minimum Gasteiger partial charge on any atom is -0.493 e. The average molecular weight is 423 g/mol. The van der Waals surface area contributed by atoms with E-state index in [4.69, 9.17) is 14.0 Å². The number of piperazine rings is 1. The Bertz CT molecular complexity index is 974. The first-order valence-corrected chi connectivity index (χ1v) is 10.6. The van der Waals surface area contributed by atoms with E-state index >= 15 is 0 Å². The van der Waals surface area contributed by atoms with E-state index in [1.54, 1.807) is 24.8 Å². The van der Waals surface area contributed by atoms with Crippen molar-refractivity contribution in [2.45, 2.75) is 25.2 Å². The molecule has 0 bridgehead atoms. The van der Waals surface area contributed by atoms with Gasteiger partial charge in [0.05, 0.1) is 31.2 Å². The Balaban J connectivity index is 1.67. The molecule has 0 spiro atoms. The number of methoxy groups -OCH3 is 2. The van der Waals surface area contributed by atoms with Crippen LogP contribution in [0.3, 0.4) is 0 Å². The Morgan fingerprint density at radius 3 is 2.31 bits per heavy atom. The van der Waals surface area contributed by atoms with Gasteiger partial charge in [-0.2, -0.15) is 4.31 Å². The molecule has 1 aromatic carbocycles. The van der Waals surface area contributed by atoms with Gasteiger partial charge in [0, 0.05) is 37.8 Å². The molecule has 2 aromatic rings. The van der Waals surface area contributed by atoms with E-state index in [0.717, 1.165) is 5.56 Å². The van der Waals surface area contributed by atoms with Crippen molar-refractivity contribution >= 4 is 15.9 Å². The van der Waals surface area contributed by atoms with Crippen LogP contribution in [-0.2, 0) is 21.2 Å². The van der Waals surface area contributed by atoms with Gasteiger partial charge in [-0.05, 0) is 26.0 Å². The number of aryl methyl sites for hydroxylation is 2. The van der Waals surface area contributed by atoms with Crippen molar-refractivity contribution in [3.63, 3.8) is 0 Å². The van der Waals surface area contributed by atoms with Crippen molar-refractivity contribution in [3.8, 4) is 11.5 Å². The summed E-state index contributed by atoms with van der Waals surface area (Å²) in [7, 11) is -0.750. The summed E-state index contributed by atoms with van der Waals surface area (Å²) >= 11 is 0. The van der Waals surface area contributed by atoms with E-state index in [1.165, 1.54) is 30.7 Å². The van der Waals surface area contributed by atoms with Crippen LogP contribution in [0.25, 0.3) is 0 Å². The first-order chi connectivity index (χ1) is 13.8. The highest BCUT2D eigenvalue weighted by atomic mass is 32.2. The molecular weight excluding hydrogens is 398 g/mol. The van der Waals surface area contributed by atoms with E-state index < -0.39 is 10.0 Å². The zero-order valence-corrected chi connectivity index (χ0v) is 17.8. The van der Waals surface area contributed by atoms with Crippen LogP contribution in [0.15, 0.2) is 27.6 Å². The maximum absolute atomic E-state index is 13.0. The number of aromatic nitrogens is 1. The fraction of sp³-hybridized carbons (Fsp3) is 0.474. The van der Waals surface area contributed by atoms with Crippen molar-refractivity contribution in [1.29, 1.82) is 0 Å². The lowest BCUT2D eigenvalue weighted by molar-refractivity contribution is -0.131. The molecule has 158 valence electrons. The molecule has 0 saturated carbocycles. The molecule has 1 fully saturated rings. The van der Waals surface area contributed by atoms with Gasteiger partial charge < -0.3 is 18.9 Å². The lowest BCUT2D eigenvalue weighted by atomic mass is 10.1. The lowest BCUT2D eigenvalue weighted by Gasteiger charge is -2.34. The Labute approximate surface area is 170 Å². The normalized spacial score (nSPS) is 15.4. The third kappa shape index (κ3) is 4.23. The predicted octanol–water partition coefficient (Wildman–Crippen LogP) is 1.38. The number of hydrogen-bond acceptors (Lipinski definition) is 7. The van der Waals surface area contributed by atoms with Crippen LogP contribution in [0.2, 0.25) is 0 Å². The summed E-state index contributed by atoms with van der Waals surface area (Å²) in [6.45, 7) is 4.68. The van der Waals surface area contributed by atoms with Gasteiger partial charge in [0.2, 0.25) is 15.9 Å². The zero-order valence-electron chi connectivity index (χ0n) is 17.0. The predicted molar refractivity (Wildman–Crippen MR) is 105 cm³/mol. The van der Waals surface area contributed by atoms with E-state index in [2.05, 4.69) is 5.16 Å². The van der Waals surface area contributed by atoms with Crippen molar-refractivity contribution < 1.29 is 27.2 Å². The molecule has 0 N–H and O–H groups in total. The van der Waals surface area contributed by atoms with Crippen LogP contribution < -0.4 is 9.47 Å². The highest BCUT2D eigenvalue weighted by Crippen LogP contribution is 2.31. The van der Waals surface area contributed by atoms with Gasteiger partial charge in [-0.25, -0.2) is 8.42 Å². The highest BCUT2D eigenvalue weighted by molar-refractivity contribution is 7.89. The van der Waals surface area contributed by atoms with Gasteiger partial charge in [0.15, 0.2) is 11.5 Å². The number of hydrogen-bond donors (Lipinski definition) is 0. The van der Waals surface area contributed by atoms with Crippen LogP contribution in [0, 0.1) is 13.8 Å². The van der Waals surface area contributed by atoms with Crippen LogP contribution in [0.4, 0.5) is 0 Å². The summed E-state index contributed by atoms with van der Waals surface area (Å²) in [4.78, 5) is 14.4. The van der Waals surface area contributed by atoms with Crippen molar-refractivity contribution in [2.24, 2.45) is 0 Å². The van der Waals surface area contributed by atoms with E-state index in [-0.39, 0.29) is 30.3 Å². The zero-order chi connectivity index (χ0) is 21.2. The topological polar surface area (TPSA) is 102 Å². The fourth-order valence-electron chi connectivity index (χ4n) is 3.32. The lowest BCUT2D eigenvalue weighted by Crippen LogP contribution is -2.50. The van der Waals surface area contributed by atoms with Crippen LogP contribution in [0.5, 0.6) is 11.5 Å². The number of amides is 1. The number of nitrogens with zero attached hydrogens (tertiary/aromatic N) is 3. The average Bonchev–Trinajstić information content (AvgIpc) is 3.05. The Morgan fingerprint density at radius 1 is 1.10 bits per heavy atom. The van der Waals surface area contributed by atoms with Gasteiger partial charge in [-0.3, -0.25) is 4.79 Å². The molecule has 3 rings (SSSR count). The maximum atomic E-state index is 13.0. The standard InChI is InChI=1S/C19H25N3O6S/c1-13-16(14(2)28-20-13)12-19(23)21-7-9-22(10-8-21)29(24,25)15-5-6-17(26-3)18(11-15)27-4/h5-6,11H,7-10,12H2,1-4H3. The fourth-order valence-corrected chi connectivity index (χ4v) is 4.76. The molecule has 2 heterocycles. The first kappa shape index (κ1) is 21.1. The molecule has 9 nitrogen and oxygen atoms in total. The molecule has 0 aliphatic carbocycles. The van der Waals surface area contributed by atoms with Crippen LogP contribution in [0.1, 0.15) is 17.0 Å². The summed E-state index contributed by atoms with van der Waals surface area (Å²) in [6.07, 6.45) is 0.198. The molecule has 1 aliphatic rings. The molecule has 0 atom stereocenters. The second-order valence-corrected chi connectivity index (χ2v) is 8.72. The molecule has 0 radical (unpaired) electrons. The maximum Gasteiger partial charge on any atom is 0.243 e. The molecule has 1 aromatic heterocycles. The van der Waals surface area contributed by atoms with Crippen molar-refractivity contribution in [3.05, 3.63) is 35.2 Å². The van der Waals surface area contributed by atoms with E-state index in [1.807, 2.05) is 0 Å². The van der Waals surface area contributed by atoms with Crippen molar-refractivity contribution in [1.82, 2.24) is 14.4 Å². The molecule has 10 heteroatoms. The van der Waals surface area contributed by atoms with E-state index in [0.29, 0.717) is 36.0 Å². The number of ether oxygens (including phenoxy) is 2. The minimum absolute atomic E-state index is 0.0671. The van der Waals surface area contributed by atoms with Gasteiger partial charge in [-0.15, -0.1) is 0 Å². The summed E-state index contributed by atoms with van der Waals surface area (Å²) in [5.41, 5.74) is 1.49. The molecule has 29 heavy (non-hydrogen) atoms. The monoisotopic (exact) mass is 423 g/mol. The molecule has 0 unspecified atom stereocenters. The minimum atomic E-state index is -3.70. The summed E-state index contributed by atoms with van der Waals surface area (Å²) in [5, 5.41) is 3.87. The number of carbonyl (C=O) groups excluding carboxylic acids is 1. The molecule has 1 amide bonds. The molecule has 1 saturated heterocycles. The molecule has 1 aliphatic heterocycles. The van der Waals surface area contributed by atoms with E-state index in [9.17, 15) is 13.2 Å². The third-order valence-electron chi connectivity index (χ3n) is 5.09. The third-order valence-corrected chi connectivity index (χ3v) is 6.99. The Hall–Kier alpha value is -2.59. The summed E-state index contributed by atoms with van der Waals surface area (Å²) in [6, 6.07) is 4.50. The summed E-state index contributed by atoms with van der Waals surface area (Å²) in [5.74, 6) is 1.37. The SMILES string of the molecule is COc1ccc(S(=O)(=O)N2CCN(C(=O)Cc3c(C)noc3C)CC2)cc1OC. The summed E-state index contributed by atoms with van der Waals surface area (Å²) < 4.78 is 42.8. The number of sulfonamides is 1. The number of carbonyl (C=O) groups is 1. The first-order valence-electron chi connectivity index (χ1n) is 9.19. The number of rotatable bonds is 6. The molecular formula is C19H25N3O6S. The van der Waals surface area contributed by atoms with Crippen LogP contribution in [-0.4, -0.2) is 69.1 Å².